The summed E-state index contributed by atoms with van der Waals surface area (Å²) in [6.45, 7) is 7.11. The van der Waals surface area contributed by atoms with Crippen LogP contribution >= 0.6 is 0 Å². The van der Waals surface area contributed by atoms with E-state index in [4.69, 9.17) is 0 Å². The Morgan fingerprint density at radius 1 is 1.43 bits per heavy atom. The van der Waals surface area contributed by atoms with Gasteiger partial charge in [0.1, 0.15) is 0 Å². The number of anilines is 1. The van der Waals surface area contributed by atoms with Crippen LogP contribution in [-0.2, 0) is 0 Å². The van der Waals surface area contributed by atoms with Crippen molar-refractivity contribution in [3.63, 3.8) is 0 Å². The van der Waals surface area contributed by atoms with Gasteiger partial charge in [-0.25, -0.2) is 0 Å². The van der Waals surface area contributed by atoms with E-state index in [1.807, 2.05) is 13.0 Å². The number of non-ortho nitro benzene ring substituents is 1. The van der Waals surface area contributed by atoms with E-state index in [0.29, 0.717) is 6.04 Å². The summed E-state index contributed by atoms with van der Waals surface area (Å²) in [5.74, 6) is 0. The van der Waals surface area contributed by atoms with Crippen molar-refractivity contribution in [1.82, 2.24) is 5.32 Å². The number of hydrogen-bond donors (Lipinski definition) is 1. The Balaban J connectivity index is 2.19. The summed E-state index contributed by atoms with van der Waals surface area (Å²) in [7, 11) is 0. The summed E-state index contributed by atoms with van der Waals surface area (Å²) in [4.78, 5) is 13.0. The molecule has 1 unspecified atom stereocenters. The van der Waals surface area contributed by atoms with E-state index in [9.17, 15) is 10.1 Å². The molecule has 1 aliphatic rings. The van der Waals surface area contributed by atoms with Crippen molar-refractivity contribution in [3.05, 3.63) is 33.9 Å². The highest BCUT2D eigenvalue weighted by Gasteiger charge is 2.19. The molecule has 5 nitrogen and oxygen atoms in total. The first-order chi connectivity index (χ1) is 10.1. The third-order valence-corrected chi connectivity index (χ3v) is 4.09. The number of nitro groups is 1. The number of benzene rings is 1. The van der Waals surface area contributed by atoms with Gasteiger partial charge in [-0.2, -0.15) is 0 Å². The maximum atomic E-state index is 11.0. The van der Waals surface area contributed by atoms with E-state index in [1.165, 1.54) is 19.3 Å². The zero-order valence-corrected chi connectivity index (χ0v) is 13.0. The molecule has 2 rings (SSSR count). The molecule has 0 spiro atoms. The first kappa shape index (κ1) is 15.8. The molecule has 21 heavy (non-hydrogen) atoms. The largest absolute Gasteiger partial charge is 0.370 e. The van der Waals surface area contributed by atoms with Crippen LogP contribution in [0.1, 0.15) is 38.2 Å². The van der Waals surface area contributed by atoms with Crippen LogP contribution in [0.2, 0.25) is 0 Å². The van der Waals surface area contributed by atoms with Crippen molar-refractivity contribution >= 4 is 11.4 Å². The molecule has 0 saturated carbocycles. The van der Waals surface area contributed by atoms with Gasteiger partial charge in [-0.3, -0.25) is 10.1 Å². The van der Waals surface area contributed by atoms with Crippen molar-refractivity contribution in [2.24, 2.45) is 0 Å². The minimum Gasteiger partial charge on any atom is -0.370 e. The fraction of sp³-hybridized carbons (Fsp3) is 0.625. The Morgan fingerprint density at radius 3 is 2.86 bits per heavy atom. The normalized spacial score (nSPS) is 18.5. The van der Waals surface area contributed by atoms with Crippen molar-refractivity contribution in [2.75, 3.05) is 24.5 Å². The topological polar surface area (TPSA) is 58.4 Å². The summed E-state index contributed by atoms with van der Waals surface area (Å²) < 4.78 is 0. The minimum atomic E-state index is -0.314. The maximum Gasteiger partial charge on any atom is 0.271 e. The van der Waals surface area contributed by atoms with Gasteiger partial charge in [0.25, 0.3) is 5.69 Å². The van der Waals surface area contributed by atoms with Gasteiger partial charge in [0.05, 0.1) is 4.92 Å². The molecule has 1 fully saturated rings. The fourth-order valence-corrected chi connectivity index (χ4v) is 2.98. The molecule has 0 radical (unpaired) electrons. The van der Waals surface area contributed by atoms with Gasteiger partial charge in [-0.1, -0.05) is 19.4 Å². The zero-order chi connectivity index (χ0) is 15.2. The van der Waals surface area contributed by atoms with E-state index in [-0.39, 0.29) is 10.6 Å². The van der Waals surface area contributed by atoms with Crippen LogP contribution < -0.4 is 10.2 Å². The smallest absolute Gasteiger partial charge is 0.271 e. The molecule has 5 heteroatoms. The van der Waals surface area contributed by atoms with Crippen LogP contribution in [0.4, 0.5) is 11.4 Å². The van der Waals surface area contributed by atoms with Gasteiger partial charge >= 0.3 is 0 Å². The molecule has 0 aliphatic carbocycles. The van der Waals surface area contributed by atoms with Crippen LogP contribution in [0.5, 0.6) is 0 Å². The van der Waals surface area contributed by atoms with Gasteiger partial charge < -0.3 is 10.2 Å². The number of nitro benzene ring substituents is 1. The maximum absolute atomic E-state index is 11.0. The lowest BCUT2D eigenvalue weighted by molar-refractivity contribution is -0.384. The number of rotatable bonds is 6. The molecule has 1 aromatic rings. The SMILES string of the molecule is CCCN(CC1CCCCN1)c1cc([N+](=O)[O-])ccc1C. The average Bonchev–Trinajstić information content (AvgIpc) is 2.48. The summed E-state index contributed by atoms with van der Waals surface area (Å²) in [5.41, 5.74) is 2.27. The van der Waals surface area contributed by atoms with E-state index >= 15 is 0 Å². The fourth-order valence-electron chi connectivity index (χ4n) is 2.98. The molecule has 0 bridgehead atoms. The van der Waals surface area contributed by atoms with Crippen molar-refractivity contribution < 1.29 is 4.92 Å². The quantitative estimate of drug-likeness (QED) is 0.645. The summed E-state index contributed by atoms with van der Waals surface area (Å²) in [6, 6.07) is 5.64. The number of nitrogens with zero attached hydrogens (tertiary/aromatic N) is 2. The Hall–Kier alpha value is -1.62. The first-order valence-electron chi connectivity index (χ1n) is 7.85. The Labute approximate surface area is 126 Å². The summed E-state index contributed by atoms with van der Waals surface area (Å²) in [5, 5.41) is 14.6. The first-order valence-corrected chi connectivity index (χ1v) is 7.85. The molecule has 1 aromatic carbocycles. The molecule has 1 aliphatic heterocycles. The van der Waals surface area contributed by atoms with E-state index in [1.54, 1.807) is 12.1 Å². The molecular formula is C16H25N3O2. The summed E-state index contributed by atoms with van der Waals surface area (Å²) in [6.07, 6.45) is 4.74. The van der Waals surface area contributed by atoms with Gasteiger partial charge in [-0.15, -0.1) is 0 Å². The Kier molecular flexibility index (Phi) is 5.56. The van der Waals surface area contributed by atoms with Crippen LogP contribution in [0, 0.1) is 17.0 Å². The highest BCUT2D eigenvalue weighted by molar-refractivity contribution is 5.58. The molecule has 116 valence electrons. The lowest BCUT2D eigenvalue weighted by Gasteiger charge is -2.32. The molecule has 1 heterocycles. The second-order valence-corrected chi connectivity index (χ2v) is 5.82. The number of nitrogens with one attached hydrogen (secondary N) is 1. The van der Waals surface area contributed by atoms with E-state index in [0.717, 1.165) is 37.3 Å². The predicted octanol–water partition coefficient (Wildman–Crippen LogP) is 3.26. The van der Waals surface area contributed by atoms with Crippen molar-refractivity contribution in [2.45, 2.75) is 45.6 Å². The van der Waals surface area contributed by atoms with Crippen LogP contribution in [0.3, 0.4) is 0 Å². The highest BCUT2D eigenvalue weighted by Crippen LogP contribution is 2.26. The van der Waals surface area contributed by atoms with E-state index < -0.39 is 0 Å². The Morgan fingerprint density at radius 2 is 2.24 bits per heavy atom. The van der Waals surface area contributed by atoms with Crippen molar-refractivity contribution in [3.8, 4) is 0 Å². The van der Waals surface area contributed by atoms with Crippen LogP contribution in [0.25, 0.3) is 0 Å². The molecule has 1 N–H and O–H groups in total. The third-order valence-electron chi connectivity index (χ3n) is 4.09. The van der Waals surface area contributed by atoms with Gasteiger partial charge in [0.2, 0.25) is 0 Å². The zero-order valence-electron chi connectivity index (χ0n) is 13.0. The van der Waals surface area contributed by atoms with Crippen LogP contribution in [0.15, 0.2) is 18.2 Å². The van der Waals surface area contributed by atoms with Gasteiger partial charge in [0.15, 0.2) is 0 Å². The minimum absolute atomic E-state index is 0.174. The molecule has 1 saturated heterocycles. The van der Waals surface area contributed by atoms with Crippen molar-refractivity contribution in [1.29, 1.82) is 0 Å². The van der Waals surface area contributed by atoms with E-state index in [2.05, 4.69) is 17.1 Å². The lowest BCUT2D eigenvalue weighted by Crippen LogP contribution is -2.44. The van der Waals surface area contributed by atoms with Gasteiger partial charge in [0, 0.05) is 37.0 Å². The number of hydrogen-bond acceptors (Lipinski definition) is 4. The monoisotopic (exact) mass is 291 g/mol. The predicted molar refractivity (Wildman–Crippen MR) is 86.0 cm³/mol. The Bertz CT molecular complexity index is 484. The molecular weight excluding hydrogens is 266 g/mol. The second-order valence-electron chi connectivity index (χ2n) is 5.82. The highest BCUT2D eigenvalue weighted by atomic mass is 16.6. The standard InChI is InChI=1S/C16H25N3O2/c1-3-10-18(12-14-6-4-5-9-17-14)16-11-15(19(20)21)8-7-13(16)2/h7-8,11,14,17H,3-6,9-10,12H2,1-2H3. The lowest BCUT2D eigenvalue weighted by atomic mass is 10.0. The number of aryl methyl sites for hydroxylation is 1. The van der Waals surface area contributed by atoms with Crippen LogP contribution in [-0.4, -0.2) is 30.6 Å². The van der Waals surface area contributed by atoms with Gasteiger partial charge in [-0.05, 0) is 38.3 Å². The average molecular weight is 291 g/mol. The molecule has 0 aromatic heterocycles. The molecule has 0 amide bonds. The molecule has 1 atom stereocenters. The number of piperidine rings is 1. The second kappa shape index (κ2) is 7.41. The third kappa shape index (κ3) is 4.17. The summed E-state index contributed by atoms with van der Waals surface area (Å²) >= 11 is 0.